The molecule has 1 rings (SSSR count). The van der Waals surface area contributed by atoms with Gasteiger partial charge in [-0.3, -0.25) is 0 Å². The van der Waals surface area contributed by atoms with Gasteiger partial charge in [0.1, 0.15) is 5.75 Å². The molecule has 1 atom stereocenters. The summed E-state index contributed by atoms with van der Waals surface area (Å²) in [5.41, 5.74) is 1.12. The summed E-state index contributed by atoms with van der Waals surface area (Å²) >= 11 is 3.58. The molecular weight excluding hydrogens is 320 g/mol. The van der Waals surface area contributed by atoms with E-state index in [1.807, 2.05) is 18.2 Å². The maximum Gasteiger partial charge on any atom is 0.192 e. The summed E-state index contributed by atoms with van der Waals surface area (Å²) in [5.74, 6) is 0.894. The van der Waals surface area contributed by atoms with Crippen LogP contribution in [0.5, 0.6) is 5.75 Å². The second-order valence-electron chi connectivity index (χ2n) is 6.26. The van der Waals surface area contributed by atoms with Crippen LogP contribution in [0.4, 0.5) is 0 Å². The predicted molar refractivity (Wildman–Crippen MR) is 87.8 cm³/mol. The minimum Gasteiger partial charge on any atom is -0.496 e. The fraction of sp³-hybridized carbons (Fsp3) is 0.600. The van der Waals surface area contributed by atoms with Crippen LogP contribution in [0.15, 0.2) is 24.3 Å². The van der Waals surface area contributed by atoms with Crippen LogP contribution in [-0.4, -0.2) is 20.8 Å². The van der Waals surface area contributed by atoms with Crippen LogP contribution in [0.3, 0.4) is 0 Å². The van der Waals surface area contributed by atoms with E-state index >= 15 is 0 Å². The van der Waals surface area contributed by atoms with Gasteiger partial charge in [-0.1, -0.05) is 54.9 Å². The molecule has 1 aromatic rings. The third-order valence-electron chi connectivity index (χ3n) is 3.87. The van der Waals surface area contributed by atoms with E-state index in [1.54, 1.807) is 7.11 Å². The largest absolute Gasteiger partial charge is 0.496 e. The molecular formula is C15H25BrO2Si. The Morgan fingerprint density at radius 3 is 2.26 bits per heavy atom. The molecule has 19 heavy (non-hydrogen) atoms. The van der Waals surface area contributed by atoms with Crippen molar-refractivity contribution in [2.75, 3.05) is 12.4 Å². The number of rotatable bonds is 5. The highest BCUT2D eigenvalue weighted by molar-refractivity contribution is 9.09. The van der Waals surface area contributed by atoms with Gasteiger partial charge >= 0.3 is 0 Å². The quantitative estimate of drug-likeness (QED) is 0.542. The first-order valence-corrected chi connectivity index (χ1v) is 10.6. The Labute approximate surface area is 126 Å². The zero-order chi connectivity index (χ0) is 14.7. The third kappa shape index (κ3) is 4.07. The number of para-hydroxylation sites is 1. The number of halogens is 1. The molecule has 4 heteroatoms. The smallest absolute Gasteiger partial charge is 0.192 e. The molecule has 1 unspecified atom stereocenters. The van der Waals surface area contributed by atoms with Crippen molar-refractivity contribution in [1.29, 1.82) is 0 Å². The summed E-state index contributed by atoms with van der Waals surface area (Å²) in [5, 5.41) is 0.981. The van der Waals surface area contributed by atoms with Gasteiger partial charge in [-0.15, -0.1) is 0 Å². The van der Waals surface area contributed by atoms with E-state index in [0.717, 1.165) is 16.6 Å². The molecule has 0 saturated carbocycles. The van der Waals surface area contributed by atoms with Gasteiger partial charge in [-0.05, 0) is 24.2 Å². The van der Waals surface area contributed by atoms with Gasteiger partial charge in [-0.25, -0.2) is 0 Å². The lowest BCUT2D eigenvalue weighted by Gasteiger charge is -2.39. The van der Waals surface area contributed by atoms with Crippen LogP contribution in [-0.2, 0) is 4.43 Å². The van der Waals surface area contributed by atoms with Gasteiger partial charge < -0.3 is 9.16 Å². The molecule has 0 N–H and O–H groups in total. The Hall–Kier alpha value is -0.323. The van der Waals surface area contributed by atoms with Crippen molar-refractivity contribution >= 4 is 24.2 Å². The second kappa shape index (κ2) is 6.42. The van der Waals surface area contributed by atoms with Crippen LogP contribution in [0, 0.1) is 0 Å². The molecule has 0 radical (unpaired) electrons. The summed E-state index contributed by atoms with van der Waals surface area (Å²) in [7, 11) is -0.0882. The molecule has 0 aromatic heterocycles. The van der Waals surface area contributed by atoms with Gasteiger partial charge in [0.25, 0.3) is 0 Å². The molecule has 0 spiro atoms. The van der Waals surface area contributed by atoms with Gasteiger partial charge in [0, 0.05) is 10.9 Å². The highest BCUT2D eigenvalue weighted by Crippen LogP contribution is 2.41. The fourth-order valence-electron chi connectivity index (χ4n) is 1.64. The second-order valence-corrected chi connectivity index (χ2v) is 11.7. The molecule has 108 valence electrons. The van der Waals surface area contributed by atoms with E-state index in [-0.39, 0.29) is 11.1 Å². The maximum absolute atomic E-state index is 6.49. The number of alkyl halides is 1. The van der Waals surface area contributed by atoms with Crippen molar-refractivity contribution in [3.63, 3.8) is 0 Å². The highest BCUT2D eigenvalue weighted by Gasteiger charge is 2.39. The molecule has 0 aliphatic heterocycles. The van der Waals surface area contributed by atoms with Crippen molar-refractivity contribution < 1.29 is 9.16 Å². The van der Waals surface area contributed by atoms with Crippen molar-refractivity contribution in [2.45, 2.75) is 45.0 Å². The average Bonchev–Trinajstić information content (AvgIpc) is 2.34. The molecule has 1 aromatic carbocycles. The minimum atomic E-state index is -1.79. The third-order valence-corrected chi connectivity index (χ3v) is 8.94. The number of hydrogen-bond acceptors (Lipinski definition) is 2. The lowest BCUT2D eigenvalue weighted by atomic mass is 10.1. The summed E-state index contributed by atoms with van der Waals surface area (Å²) < 4.78 is 11.9. The first-order valence-electron chi connectivity index (χ1n) is 6.59. The van der Waals surface area contributed by atoms with E-state index in [1.165, 1.54) is 0 Å². The minimum absolute atomic E-state index is 0.0389. The maximum atomic E-state index is 6.49. The topological polar surface area (TPSA) is 18.5 Å². The first-order chi connectivity index (χ1) is 8.73. The molecule has 0 heterocycles. The van der Waals surface area contributed by atoms with Crippen LogP contribution >= 0.6 is 15.9 Å². The summed E-state index contributed by atoms with van der Waals surface area (Å²) in [6.45, 7) is 11.3. The van der Waals surface area contributed by atoms with E-state index in [2.05, 4.69) is 55.9 Å². The van der Waals surface area contributed by atoms with Crippen LogP contribution in [0.1, 0.15) is 32.4 Å². The molecule has 0 amide bonds. The van der Waals surface area contributed by atoms with Gasteiger partial charge in [0.15, 0.2) is 8.32 Å². The Balaban J connectivity index is 3.02. The number of ether oxygens (including phenoxy) is 1. The predicted octanol–water partition coefficient (Wildman–Crippen LogP) is 5.15. The van der Waals surface area contributed by atoms with E-state index in [9.17, 15) is 0 Å². The van der Waals surface area contributed by atoms with Gasteiger partial charge in [0.2, 0.25) is 0 Å². The molecule has 0 aliphatic rings. The number of methoxy groups -OCH3 is 1. The summed E-state index contributed by atoms with van der Waals surface area (Å²) in [6.07, 6.45) is 0.0389. The molecule has 0 fully saturated rings. The van der Waals surface area contributed by atoms with E-state index in [0.29, 0.717) is 0 Å². The molecule has 0 aliphatic carbocycles. The summed E-state index contributed by atoms with van der Waals surface area (Å²) in [4.78, 5) is 0. The van der Waals surface area contributed by atoms with Crippen molar-refractivity contribution in [3.8, 4) is 5.75 Å². The zero-order valence-corrected chi connectivity index (χ0v) is 15.4. The van der Waals surface area contributed by atoms with E-state index < -0.39 is 8.32 Å². The molecule has 0 saturated heterocycles. The number of hydrogen-bond donors (Lipinski definition) is 0. The number of benzene rings is 1. The van der Waals surface area contributed by atoms with Crippen LogP contribution < -0.4 is 4.74 Å². The Kier molecular flexibility index (Phi) is 5.65. The Morgan fingerprint density at radius 1 is 1.21 bits per heavy atom. The normalized spacial score (nSPS) is 14.3. The average molecular weight is 345 g/mol. The first kappa shape index (κ1) is 16.7. The van der Waals surface area contributed by atoms with Crippen molar-refractivity contribution in [3.05, 3.63) is 29.8 Å². The van der Waals surface area contributed by atoms with Crippen molar-refractivity contribution in [2.24, 2.45) is 0 Å². The van der Waals surface area contributed by atoms with Gasteiger partial charge in [0.05, 0.1) is 13.2 Å². The zero-order valence-electron chi connectivity index (χ0n) is 12.8. The highest BCUT2D eigenvalue weighted by atomic mass is 79.9. The Morgan fingerprint density at radius 2 is 1.79 bits per heavy atom. The monoisotopic (exact) mass is 344 g/mol. The van der Waals surface area contributed by atoms with E-state index in [4.69, 9.17) is 9.16 Å². The molecule has 0 bridgehead atoms. The fourth-order valence-corrected chi connectivity index (χ4v) is 3.64. The van der Waals surface area contributed by atoms with Crippen molar-refractivity contribution in [1.82, 2.24) is 0 Å². The Bertz CT molecular complexity index is 413. The van der Waals surface area contributed by atoms with Gasteiger partial charge in [-0.2, -0.15) is 0 Å². The summed E-state index contributed by atoms with van der Waals surface area (Å²) in [6, 6.07) is 8.08. The molecule has 2 nitrogen and oxygen atoms in total. The lowest BCUT2D eigenvalue weighted by Crippen LogP contribution is -2.42. The lowest BCUT2D eigenvalue weighted by molar-refractivity contribution is 0.204. The van der Waals surface area contributed by atoms with Crippen LogP contribution in [0.25, 0.3) is 0 Å². The van der Waals surface area contributed by atoms with Crippen LogP contribution in [0.2, 0.25) is 18.1 Å². The standard InChI is InChI=1S/C15H25BrO2Si/c1-15(2,3)19(5,6)18-14(11-16)12-9-7-8-10-13(12)17-4/h7-10,14H,11H2,1-6H3. The SMILES string of the molecule is COc1ccccc1C(CBr)O[Si](C)(C)C(C)(C)C.